The van der Waals surface area contributed by atoms with E-state index < -0.39 is 0 Å². The third kappa shape index (κ3) is 3.12. The van der Waals surface area contributed by atoms with Gasteiger partial charge in [-0.25, -0.2) is 0 Å². The van der Waals surface area contributed by atoms with Gasteiger partial charge in [-0.3, -0.25) is 4.79 Å². The molecule has 0 aromatic heterocycles. The standard InChI is InChI=1S/C13H17BrO2/c1-9-7-11(16-10(2)15)8-13(3,4)12(9)5-6-14/h11H,7-8H2,1-4H3/t11-/m1/s1. The first-order chi connectivity index (χ1) is 7.36. The molecule has 0 fully saturated rings. The number of carbonyl (C=O) groups is 1. The van der Waals surface area contributed by atoms with E-state index >= 15 is 0 Å². The van der Waals surface area contributed by atoms with E-state index in [0.717, 1.165) is 18.4 Å². The quantitative estimate of drug-likeness (QED) is 0.545. The average molecular weight is 285 g/mol. The lowest BCUT2D eigenvalue weighted by atomic mass is 9.72. The highest BCUT2D eigenvalue weighted by Gasteiger charge is 2.34. The first-order valence-corrected chi connectivity index (χ1v) is 6.15. The summed E-state index contributed by atoms with van der Waals surface area (Å²) in [5.74, 6) is 2.90. The maximum absolute atomic E-state index is 11.0. The molecule has 1 aliphatic rings. The first-order valence-electron chi connectivity index (χ1n) is 5.36. The van der Waals surface area contributed by atoms with Crippen LogP contribution in [-0.2, 0) is 9.53 Å². The zero-order chi connectivity index (χ0) is 12.3. The van der Waals surface area contributed by atoms with Crippen molar-refractivity contribution in [2.45, 2.75) is 46.6 Å². The van der Waals surface area contributed by atoms with E-state index in [9.17, 15) is 4.79 Å². The Balaban J connectivity index is 2.95. The van der Waals surface area contributed by atoms with Crippen LogP contribution in [0.1, 0.15) is 40.5 Å². The molecule has 0 N–H and O–H groups in total. The Morgan fingerprint density at radius 3 is 2.62 bits per heavy atom. The molecule has 0 unspecified atom stereocenters. The summed E-state index contributed by atoms with van der Waals surface area (Å²) in [4.78, 5) is 13.7. The van der Waals surface area contributed by atoms with Crippen molar-refractivity contribution in [1.82, 2.24) is 0 Å². The molecule has 1 rings (SSSR count). The summed E-state index contributed by atoms with van der Waals surface area (Å²) in [6, 6.07) is 0. The topological polar surface area (TPSA) is 26.3 Å². The Hall–Kier alpha value is -0.750. The van der Waals surface area contributed by atoms with E-state index in [2.05, 4.69) is 47.5 Å². The summed E-state index contributed by atoms with van der Waals surface area (Å²) < 4.78 is 5.29. The number of hydrogen-bond acceptors (Lipinski definition) is 2. The fraction of sp³-hybridized carbons (Fsp3) is 0.615. The second kappa shape index (κ2) is 5.05. The fourth-order valence-corrected chi connectivity index (χ4v) is 2.60. The van der Waals surface area contributed by atoms with Gasteiger partial charge in [-0.05, 0) is 18.2 Å². The Kier molecular flexibility index (Phi) is 4.21. The predicted molar refractivity (Wildman–Crippen MR) is 68.0 cm³/mol. The molecule has 0 heterocycles. The molecule has 3 heteroatoms. The van der Waals surface area contributed by atoms with Gasteiger partial charge in [0, 0.05) is 40.3 Å². The molecule has 0 aliphatic heterocycles. The molecule has 88 valence electrons. The van der Waals surface area contributed by atoms with Crippen LogP contribution in [0.25, 0.3) is 0 Å². The summed E-state index contributed by atoms with van der Waals surface area (Å²) in [6.45, 7) is 7.79. The van der Waals surface area contributed by atoms with Gasteiger partial charge in [0.2, 0.25) is 0 Å². The monoisotopic (exact) mass is 284 g/mol. The summed E-state index contributed by atoms with van der Waals surface area (Å²) in [6.07, 6.45) is 1.62. The molecule has 0 bridgehead atoms. The highest BCUT2D eigenvalue weighted by molar-refractivity contribution is 9.12. The van der Waals surface area contributed by atoms with Crippen molar-refractivity contribution in [3.8, 4) is 10.8 Å². The molecule has 0 aromatic rings. The van der Waals surface area contributed by atoms with E-state index in [1.54, 1.807) is 0 Å². The molecule has 0 aromatic carbocycles. The zero-order valence-corrected chi connectivity index (χ0v) is 11.8. The number of halogens is 1. The maximum Gasteiger partial charge on any atom is 0.302 e. The largest absolute Gasteiger partial charge is 0.462 e. The molecule has 0 saturated heterocycles. The van der Waals surface area contributed by atoms with Crippen LogP contribution >= 0.6 is 15.9 Å². The lowest BCUT2D eigenvalue weighted by Gasteiger charge is -2.36. The number of ether oxygens (including phenoxy) is 1. The van der Waals surface area contributed by atoms with Crippen molar-refractivity contribution in [2.24, 2.45) is 5.41 Å². The van der Waals surface area contributed by atoms with Crippen LogP contribution < -0.4 is 0 Å². The fourth-order valence-electron chi connectivity index (χ4n) is 2.41. The minimum absolute atomic E-state index is 0.00613. The van der Waals surface area contributed by atoms with Crippen LogP contribution in [0.4, 0.5) is 0 Å². The molecule has 16 heavy (non-hydrogen) atoms. The Morgan fingerprint density at radius 1 is 1.56 bits per heavy atom. The molecule has 1 aliphatic carbocycles. The van der Waals surface area contributed by atoms with Gasteiger partial charge in [-0.15, -0.1) is 0 Å². The van der Waals surface area contributed by atoms with Crippen LogP contribution in [0.3, 0.4) is 0 Å². The molecule has 2 nitrogen and oxygen atoms in total. The summed E-state index contributed by atoms with van der Waals surface area (Å²) in [5.41, 5.74) is 2.35. The van der Waals surface area contributed by atoms with Gasteiger partial charge in [0.25, 0.3) is 0 Å². The number of hydrogen-bond donors (Lipinski definition) is 0. The molecule has 0 amide bonds. The van der Waals surface area contributed by atoms with Gasteiger partial charge in [0.15, 0.2) is 0 Å². The van der Waals surface area contributed by atoms with E-state index in [1.807, 2.05) is 0 Å². The van der Waals surface area contributed by atoms with Gasteiger partial charge in [0.1, 0.15) is 6.10 Å². The highest BCUT2D eigenvalue weighted by atomic mass is 79.9. The van der Waals surface area contributed by atoms with Crippen LogP contribution in [-0.4, -0.2) is 12.1 Å². The molecule has 0 saturated carbocycles. The van der Waals surface area contributed by atoms with E-state index in [0.29, 0.717) is 0 Å². The smallest absolute Gasteiger partial charge is 0.302 e. The number of allylic oxidation sites excluding steroid dienone is 1. The van der Waals surface area contributed by atoms with Crippen molar-refractivity contribution >= 4 is 21.9 Å². The SMILES string of the molecule is CC(=O)O[C@@H]1CC(C)=C(C#CBr)C(C)(C)C1. The Morgan fingerprint density at radius 2 is 2.19 bits per heavy atom. The van der Waals surface area contributed by atoms with E-state index in [4.69, 9.17) is 4.74 Å². The number of rotatable bonds is 1. The predicted octanol–water partition coefficient (Wildman–Crippen LogP) is 3.41. The molecule has 1 atom stereocenters. The minimum Gasteiger partial charge on any atom is -0.462 e. The lowest BCUT2D eigenvalue weighted by Crippen LogP contribution is -2.31. The van der Waals surface area contributed by atoms with Crippen LogP contribution in [0, 0.1) is 16.2 Å². The third-order valence-electron chi connectivity index (χ3n) is 2.88. The van der Waals surface area contributed by atoms with E-state index in [1.165, 1.54) is 12.5 Å². The summed E-state index contributed by atoms with van der Waals surface area (Å²) >= 11 is 3.14. The van der Waals surface area contributed by atoms with Gasteiger partial charge >= 0.3 is 5.97 Å². The molecule has 0 spiro atoms. The number of esters is 1. The van der Waals surface area contributed by atoms with Crippen LogP contribution in [0.5, 0.6) is 0 Å². The van der Waals surface area contributed by atoms with Crippen molar-refractivity contribution < 1.29 is 9.53 Å². The molecular weight excluding hydrogens is 268 g/mol. The molecule has 0 radical (unpaired) electrons. The number of carbonyl (C=O) groups excluding carboxylic acids is 1. The first kappa shape index (κ1) is 13.3. The van der Waals surface area contributed by atoms with Gasteiger partial charge < -0.3 is 4.74 Å². The average Bonchev–Trinajstić information content (AvgIpc) is 2.09. The van der Waals surface area contributed by atoms with Crippen LogP contribution in [0.15, 0.2) is 11.1 Å². The Bertz CT molecular complexity index is 382. The third-order valence-corrected chi connectivity index (χ3v) is 3.08. The minimum atomic E-state index is -0.205. The summed E-state index contributed by atoms with van der Waals surface area (Å²) in [5, 5.41) is 0. The van der Waals surface area contributed by atoms with Crippen molar-refractivity contribution in [3.05, 3.63) is 11.1 Å². The van der Waals surface area contributed by atoms with E-state index in [-0.39, 0.29) is 17.5 Å². The second-order valence-electron chi connectivity index (χ2n) is 4.90. The maximum atomic E-state index is 11.0. The van der Waals surface area contributed by atoms with Gasteiger partial charge in [0.05, 0.1) is 0 Å². The van der Waals surface area contributed by atoms with Gasteiger partial charge in [-0.2, -0.15) is 0 Å². The lowest BCUT2D eigenvalue weighted by molar-refractivity contribution is -0.147. The van der Waals surface area contributed by atoms with Crippen molar-refractivity contribution in [3.63, 3.8) is 0 Å². The van der Waals surface area contributed by atoms with Crippen LogP contribution in [0.2, 0.25) is 0 Å². The van der Waals surface area contributed by atoms with Crippen molar-refractivity contribution in [1.29, 1.82) is 0 Å². The highest BCUT2D eigenvalue weighted by Crippen LogP contribution is 2.40. The Labute approximate surface area is 106 Å². The normalized spacial score (nSPS) is 23.4. The van der Waals surface area contributed by atoms with Crippen molar-refractivity contribution in [2.75, 3.05) is 0 Å². The molecular formula is C13H17BrO2. The summed E-state index contributed by atoms with van der Waals surface area (Å²) in [7, 11) is 0. The van der Waals surface area contributed by atoms with Gasteiger partial charge in [-0.1, -0.05) is 25.3 Å². The second-order valence-corrected chi connectivity index (χ2v) is 5.29. The zero-order valence-electron chi connectivity index (χ0n) is 10.2.